The number of benzene rings is 1. The fraction of sp³-hybridized carbons (Fsp3) is 0.357. The summed E-state index contributed by atoms with van der Waals surface area (Å²) in [6.07, 6.45) is 4.71. The van der Waals surface area contributed by atoms with Gasteiger partial charge in [-0.3, -0.25) is 0 Å². The molecule has 0 bridgehead atoms. The zero-order chi connectivity index (χ0) is 13.1. The third kappa shape index (κ3) is 2.50. The van der Waals surface area contributed by atoms with E-state index in [9.17, 15) is 0 Å². The second kappa shape index (κ2) is 5.22. The summed E-state index contributed by atoms with van der Waals surface area (Å²) in [5.41, 5.74) is 1.24. The average Bonchev–Trinajstić information content (AvgIpc) is 2.92. The molecule has 5 nitrogen and oxygen atoms in total. The Bertz CT molecular complexity index is 566. The summed E-state index contributed by atoms with van der Waals surface area (Å²) in [6, 6.07) is 6.13. The SMILES string of the molecule is CNc1nccn1CCc1ccc2c(c1)OCCO2. The van der Waals surface area contributed by atoms with Gasteiger partial charge in [-0.1, -0.05) is 6.07 Å². The van der Waals surface area contributed by atoms with Crippen molar-refractivity contribution in [1.82, 2.24) is 9.55 Å². The lowest BCUT2D eigenvalue weighted by molar-refractivity contribution is 0.171. The molecule has 1 aliphatic rings. The molecule has 0 saturated carbocycles. The number of imidazole rings is 1. The predicted octanol–water partition coefficient (Wildman–Crippen LogP) is 1.94. The molecule has 0 amide bonds. The van der Waals surface area contributed by atoms with Crippen molar-refractivity contribution in [3.8, 4) is 11.5 Å². The zero-order valence-corrected chi connectivity index (χ0v) is 10.9. The van der Waals surface area contributed by atoms with Crippen LogP contribution in [0.15, 0.2) is 30.6 Å². The first-order chi connectivity index (χ1) is 9.36. The third-order valence-corrected chi connectivity index (χ3v) is 3.19. The Morgan fingerprint density at radius 2 is 2.11 bits per heavy atom. The van der Waals surface area contributed by atoms with E-state index in [0.29, 0.717) is 13.2 Å². The van der Waals surface area contributed by atoms with Crippen LogP contribution in [0.25, 0.3) is 0 Å². The van der Waals surface area contributed by atoms with Crippen LogP contribution in [0, 0.1) is 0 Å². The summed E-state index contributed by atoms with van der Waals surface area (Å²) in [5.74, 6) is 2.58. The van der Waals surface area contributed by atoms with Gasteiger partial charge in [-0.25, -0.2) is 4.98 Å². The maximum absolute atomic E-state index is 5.59. The standard InChI is InChI=1S/C14H17N3O2/c1-15-14-16-5-7-17(14)6-4-11-2-3-12-13(10-11)19-9-8-18-12/h2-3,5,7,10H,4,6,8-9H2,1H3,(H,15,16). The first-order valence-corrected chi connectivity index (χ1v) is 6.44. The Morgan fingerprint density at radius 1 is 1.26 bits per heavy atom. The molecular formula is C14H17N3O2. The van der Waals surface area contributed by atoms with Crippen molar-refractivity contribution in [3.63, 3.8) is 0 Å². The molecule has 2 heterocycles. The van der Waals surface area contributed by atoms with Crippen molar-refractivity contribution < 1.29 is 9.47 Å². The first-order valence-electron chi connectivity index (χ1n) is 6.44. The van der Waals surface area contributed by atoms with E-state index in [2.05, 4.69) is 27.0 Å². The topological polar surface area (TPSA) is 48.3 Å². The van der Waals surface area contributed by atoms with Crippen molar-refractivity contribution in [2.24, 2.45) is 0 Å². The Hall–Kier alpha value is -2.17. The number of rotatable bonds is 4. The number of nitrogens with zero attached hydrogens (tertiary/aromatic N) is 2. The third-order valence-electron chi connectivity index (χ3n) is 3.19. The Balaban J connectivity index is 1.70. The highest BCUT2D eigenvalue weighted by molar-refractivity contribution is 5.43. The number of aryl methyl sites for hydroxylation is 2. The van der Waals surface area contributed by atoms with Gasteiger partial charge in [0.15, 0.2) is 11.5 Å². The first kappa shape index (κ1) is 11.9. The normalized spacial score (nSPS) is 13.3. The van der Waals surface area contributed by atoms with Gasteiger partial charge in [0.05, 0.1) is 0 Å². The van der Waals surface area contributed by atoms with Crippen molar-refractivity contribution in [3.05, 3.63) is 36.2 Å². The van der Waals surface area contributed by atoms with Crippen LogP contribution in [0.1, 0.15) is 5.56 Å². The van der Waals surface area contributed by atoms with E-state index >= 15 is 0 Å². The van der Waals surface area contributed by atoms with Gasteiger partial charge in [-0.05, 0) is 24.1 Å². The van der Waals surface area contributed by atoms with Gasteiger partial charge in [0.25, 0.3) is 0 Å². The van der Waals surface area contributed by atoms with E-state index in [1.165, 1.54) is 5.56 Å². The lowest BCUT2D eigenvalue weighted by Crippen LogP contribution is -2.15. The smallest absolute Gasteiger partial charge is 0.202 e. The van der Waals surface area contributed by atoms with Crippen molar-refractivity contribution in [2.45, 2.75) is 13.0 Å². The van der Waals surface area contributed by atoms with Crippen molar-refractivity contribution >= 4 is 5.95 Å². The number of hydrogen-bond acceptors (Lipinski definition) is 4. The minimum atomic E-state index is 0.627. The number of nitrogens with one attached hydrogen (secondary N) is 1. The lowest BCUT2D eigenvalue weighted by atomic mass is 10.1. The highest BCUT2D eigenvalue weighted by atomic mass is 16.6. The quantitative estimate of drug-likeness (QED) is 0.911. The van der Waals surface area contributed by atoms with E-state index in [0.717, 1.165) is 30.4 Å². The number of hydrogen-bond donors (Lipinski definition) is 1. The van der Waals surface area contributed by atoms with Crippen LogP contribution in [0.3, 0.4) is 0 Å². The number of aromatic nitrogens is 2. The highest BCUT2D eigenvalue weighted by Crippen LogP contribution is 2.30. The fourth-order valence-electron chi connectivity index (χ4n) is 2.21. The van der Waals surface area contributed by atoms with Gasteiger partial charge in [0.2, 0.25) is 5.95 Å². The molecule has 1 aromatic carbocycles. The Kier molecular flexibility index (Phi) is 3.27. The highest BCUT2D eigenvalue weighted by Gasteiger charge is 2.11. The van der Waals surface area contributed by atoms with Gasteiger partial charge in [-0.15, -0.1) is 0 Å². The molecule has 1 aromatic heterocycles. The molecule has 0 atom stereocenters. The second-order valence-electron chi connectivity index (χ2n) is 4.42. The molecule has 0 unspecified atom stereocenters. The summed E-state index contributed by atoms with van der Waals surface area (Å²) in [5, 5.41) is 3.07. The van der Waals surface area contributed by atoms with E-state index in [-0.39, 0.29) is 0 Å². The molecule has 0 spiro atoms. The molecule has 3 rings (SSSR count). The summed E-state index contributed by atoms with van der Waals surface area (Å²) in [4.78, 5) is 4.22. The van der Waals surface area contributed by atoms with Gasteiger partial charge < -0.3 is 19.4 Å². The largest absolute Gasteiger partial charge is 0.486 e. The van der Waals surface area contributed by atoms with Crippen LogP contribution in [-0.2, 0) is 13.0 Å². The zero-order valence-electron chi connectivity index (χ0n) is 10.9. The summed E-state index contributed by atoms with van der Waals surface area (Å²) < 4.78 is 13.2. The molecule has 0 aliphatic carbocycles. The minimum absolute atomic E-state index is 0.627. The molecular weight excluding hydrogens is 242 g/mol. The van der Waals surface area contributed by atoms with Gasteiger partial charge in [-0.2, -0.15) is 0 Å². The molecule has 0 radical (unpaired) electrons. The molecule has 0 fully saturated rings. The molecule has 0 saturated heterocycles. The van der Waals surface area contributed by atoms with E-state index < -0.39 is 0 Å². The molecule has 5 heteroatoms. The summed E-state index contributed by atoms with van der Waals surface area (Å²) >= 11 is 0. The Morgan fingerprint density at radius 3 is 2.95 bits per heavy atom. The minimum Gasteiger partial charge on any atom is -0.486 e. The maximum Gasteiger partial charge on any atom is 0.202 e. The van der Waals surface area contributed by atoms with Crippen LogP contribution < -0.4 is 14.8 Å². The number of fused-ring (bicyclic) bond motifs is 1. The van der Waals surface area contributed by atoms with Crippen LogP contribution in [0.2, 0.25) is 0 Å². The maximum atomic E-state index is 5.59. The van der Waals surface area contributed by atoms with Gasteiger partial charge in [0, 0.05) is 26.0 Å². The van der Waals surface area contributed by atoms with Gasteiger partial charge >= 0.3 is 0 Å². The van der Waals surface area contributed by atoms with Crippen molar-refractivity contribution in [2.75, 3.05) is 25.6 Å². The number of ether oxygens (including phenoxy) is 2. The second-order valence-corrected chi connectivity index (χ2v) is 4.42. The Labute approximate surface area is 112 Å². The van der Waals surface area contributed by atoms with Crippen LogP contribution in [0.5, 0.6) is 11.5 Å². The van der Waals surface area contributed by atoms with Crippen LogP contribution >= 0.6 is 0 Å². The summed E-state index contributed by atoms with van der Waals surface area (Å²) in [6.45, 7) is 2.14. The molecule has 1 N–H and O–H groups in total. The molecule has 1 aliphatic heterocycles. The van der Waals surface area contributed by atoms with Crippen molar-refractivity contribution in [1.29, 1.82) is 0 Å². The van der Waals surface area contributed by atoms with Crippen LogP contribution in [-0.4, -0.2) is 29.8 Å². The fourth-order valence-corrected chi connectivity index (χ4v) is 2.21. The average molecular weight is 259 g/mol. The molecule has 19 heavy (non-hydrogen) atoms. The monoisotopic (exact) mass is 259 g/mol. The molecule has 2 aromatic rings. The van der Waals surface area contributed by atoms with Crippen LogP contribution in [0.4, 0.5) is 5.95 Å². The lowest BCUT2D eigenvalue weighted by Gasteiger charge is -2.19. The number of anilines is 1. The van der Waals surface area contributed by atoms with E-state index in [4.69, 9.17) is 9.47 Å². The molecule has 100 valence electrons. The summed E-state index contributed by atoms with van der Waals surface area (Å²) in [7, 11) is 1.88. The van der Waals surface area contributed by atoms with E-state index in [1.807, 2.05) is 19.3 Å². The van der Waals surface area contributed by atoms with E-state index in [1.54, 1.807) is 6.20 Å². The predicted molar refractivity (Wildman–Crippen MR) is 72.9 cm³/mol. The van der Waals surface area contributed by atoms with Gasteiger partial charge in [0.1, 0.15) is 13.2 Å².